The van der Waals surface area contributed by atoms with Gasteiger partial charge in [-0.2, -0.15) is 0 Å². The van der Waals surface area contributed by atoms with Gasteiger partial charge in [0, 0.05) is 6.42 Å². The van der Waals surface area contributed by atoms with Crippen LogP contribution in [-0.4, -0.2) is 16.5 Å². The van der Waals surface area contributed by atoms with Crippen molar-refractivity contribution in [1.82, 2.24) is 0 Å². The molecule has 3 rings (SSSR count). The van der Waals surface area contributed by atoms with Crippen LogP contribution in [0.3, 0.4) is 0 Å². The van der Waals surface area contributed by atoms with Crippen molar-refractivity contribution >= 4 is 5.78 Å². The van der Waals surface area contributed by atoms with Gasteiger partial charge in [0.2, 0.25) is 0 Å². The van der Waals surface area contributed by atoms with E-state index in [-0.39, 0.29) is 5.92 Å². The minimum absolute atomic E-state index is 0.240. The predicted molar refractivity (Wildman–Crippen MR) is 78.8 cm³/mol. The zero-order valence-corrected chi connectivity index (χ0v) is 12.3. The monoisotopic (exact) mass is 272 g/mol. The first-order valence-corrected chi connectivity index (χ1v) is 7.94. The average molecular weight is 272 g/mol. The standard InChI is InChI=1S/C18H24O2/c1-3-18(2,20)14-6-8-16-12(10-14)4-5-13-11-15(19)7-9-17(13)16/h1,11-12,14,16-17,20H,4-10H2,2H3. The molecule has 2 heteroatoms. The average Bonchev–Trinajstić information content (AvgIpc) is 2.46. The summed E-state index contributed by atoms with van der Waals surface area (Å²) in [6, 6.07) is 0. The first-order chi connectivity index (χ1) is 9.51. The van der Waals surface area contributed by atoms with Crippen LogP contribution in [0.25, 0.3) is 0 Å². The van der Waals surface area contributed by atoms with Gasteiger partial charge in [0.25, 0.3) is 0 Å². The summed E-state index contributed by atoms with van der Waals surface area (Å²) in [4.78, 5) is 11.6. The Morgan fingerprint density at radius 2 is 2.10 bits per heavy atom. The molecule has 0 spiro atoms. The van der Waals surface area contributed by atoms with E-state index in [4.69, 9.17) is 6.42 Å². The van der Waals surface area contributed by atoms with Crippen molar-refractivity contribution in [2.24, 2.45) is 23.7 Å². The van der Waals surface area contributed by atoms with E-state index < -0.39 is 5.60 Å². The third kappa shape index (κ3) is 2.33. The Hall–Kier alpha value is -1.07. The minimum Gasteiger partial charge on any atom is -0.378 e. The Labute approximate surface area is 121 Å². The molecule has 0 bridgehead atoms. The summed E-state index contributed by atoms with van der Waals surface area (Å²) >= 11 is 0. The van der Waals surface area contributed by atoms with E-state index in [9.17, 15) is 9.90 Å². The van der Waals surface area contributed by atoms with E-state index in [1.54, 1.807) is 6.92 Å². The molecule has 0 heterocycles. The van der Waals surface area contributed by atoms with Crippen molar-refractivity contribution in [3.05, 3.63) is 11.6 Å². The molecule has 2 nitrogen and oxygen atoms in total. The third-order valence-electron chi connectivity index (χ3n) is 5.97. The van der Waals surface area contributed by atoms with Crippen molar-refractivity contribution in [1.29, 1.82) is 0 Å². The Morgan fingerprint density at radius 3 is 2.85 bits per heavy atom. The van der Waals surface area contributed by atoms with E-state index in [2.05, 4.69) is 5.92 Å². The van der Waals surface area contributed by atoms with Gasteiger partial charge in [0.05, 0.1) is 0 Å². The SMILES string of the molecule is C#CC(C)(O)C1CCC2C(CCC3=CC(=O)CCC32)C1. The smallest absolute Gasteiger partial charge is 0.155 e. The molecule has 5 unspecified atom stereocenters. The fraction of sp³-hybridized carbons (Fsp3) is 0.722. The Balaban J connectivity index is 1.75. The summed E-state index contributed by atoms with van der Waals surface area (Å²) in [6.45, 7) is 1.78. The summed E-state index contributed by atoms with van der Waals surface area (Å²) in [6.07, 6.45) is 14.6. The minimum atomic E-state index is -0.955. The fourth-order valence-electron chi connectivity index (χ4n) is 4.75. The molecule has 3 aliphatic rings. The van der Waals surface area contributed by atoms with Crippen LogP contribution < -0.4 is 0 Å². The molecule has 0 aliphatic heterocycles. The van der Waals surface area contributed by atoms with Crippen molar-refractivity contribution in [2.75, 3.05) is 0 Å². The zero-order chi connectivity index (χ0) is 14.3. The number of hydrogen-bond acceptors (Lipinski definition) is 2. The first kappa shape index (κ1) is 13.9. The van der Waals surface area contributed by atoms with Crippen molar-refractivity contribution in [3.8, 4) is 12.3 Å². The molecule has 0 radical (unpaired) electrons. The quantitative estimate of drug-likeness (QED) is 0.745. The molecule has 0 aromatic heterocycles. The summed E-state index contributed by atoms with van der Waals surface area (Å²) < 4.78 is 0. The lowest BCUT2D eigenvalue weighted by molar-refractivity contribution is -0.115. The van der Waals surface area contributed by atoms with Gasteiger partial charge in [-0.15, -0.1) is 6.42 Å². The number of carbonyl (C=O) groups is 1. The molecule has 0 aromatic carbocycles. The molecule has 0 amide bonds. The van der Waals surface area contributed by atoms with Crippen LogP contribution in [0.5, 0.6) is 0 Å². The maximum Gasteiger partial charge on any atom is 0.155 e. The van der Waals surface area contributed by atoms with Crippen LogP contribution in [0.4, 0.5) is 0 Å². The maximum absolute atomic E-state index is 11.6. The summed E-state index contributed by atoms with van der Waals surface area (Å²) in [5.74, 6) is 5.15. The molecule has 2 saturated carbocycles. The van der Waals surface area contributed by atoms with Gasteiger partial charge in [0.1, 0.15) is 5.60 Å². The molecule has 2 fully saturated rings. The molecular formula is C18H24O2. The topological polar surface area (TPSA) is 37.3 Å². The second-order valence-electron chi connectivity index (χ2n) is 7.10. The van der Waals surface area contributed by atoms with Crippen LogP contribution in [0.15, 0.2) is 11.6 Å². The lowest BCUT2D eigenvalue weighted by Crippen LogP contribution is -2.43. The van der Waals surface area contributed by atoms with Crippen molar-refractivity contribution in [2.45, 2.75) is 57.5 Å². The van der Waals surface area contributed by atoms with Crippen LogP contribution in [-0.2, 0) is 4.79 Å². The van der Waals surface area contributed by atoms with E-state index in [1.165, 1.54) is 5.57 Å². The van der Waals surface area contributed by atoms with Gasteiger partial charge < -0.3 is 5.11 Å². The number of fused-ring (bicyclic) bond motifs is 3. The fourth-order valence-corrected chi connectivity index (χ4v) is 4.75. The molecule has 108 valence electrons. The highest BCUT2D eigenvalue weighted by Crippen LogP contribution is 2.51. The van der Waals surface area contributed by atoms with Gasteiger partial charge in [-0.25, -0.2) is 0 Å². The number of rotatable bonds is 1. The summed E-state index contributed by atoms with van der Waals surface area (Å²) in [5, 5.41) is 10.3. The summed E-state index contributed by atoms with van der Waals surface area (Å²) in [5.41, 5.74) is 0.452. The van der Waals surface area contributed by atoms with E-state index in [1.807, 2.05) is 6.08 Å². The van der Waals surface area contributed by atoms with Crippen LogP contribution in [0.1, 0.15) is 51.9 Å². The highest BCUT2D eigenvalue weighted by molar-refractivity contribution is 5.91. The zero-order valence-electron chi connectivity index (χ0n) is 12.3. The molecule has 1 N–H and O–H groups in total. The highest BCUT2D eigenvalue weighted by Gasteiger charge is 2.44. The number of aliphatic hydroxyl groups is 1. The predicted octanol–water partition coefficient (Wildman–Crippen LogP) is 3.10. The molecule has 20 heavy (non-hydrogen) atoms. The van der Waals surface area contributed by atoms with Crippen LogP contribution in [0, 0.1) is 36.0 Å². The van der Waals surface area contributed by atoms with Gasteiger partial charge in [-0.1, -0.05) is 11.5 Å². The first-order valence-electron chi connectivity index (χ1n) is 7.94. The molecule has 0 saturated heterocycles. The van der Waals surface area contributed by atoms with E-state index in [0.29, 0.717) is 23.5 Å². The van der Waals surface area contributed by atoms with Gasteiger partial charge >= 0.3 is 0 Å². The van der Waals surface area contributed by atoms with Crippen molar-refractivity contribution < 1.29 is 9.90 Å². The number of hydrogen-bond donors (Lipinski definition) is 1. The largest absolute Gasteiger partial charge is 0.378 e. The second-order valence-corrected chi connectivity index (χ2v) is 7.10. The maximum atomic E-state index is 11.6. The Bertz CT molecular complexity index is 480. The van der Waals surface area contributed by atoms with Crippen LogP contribution >= 0.6 is 0 Å². The molecule has 3 aliphatic carbocycles. The Kier molecular flexibility index (Phi) is 3.50. The van der Waals surface area contributed by atoms with Gasteiger partial charge in [0.15, 0.2) is 5.78 Å². The lowest BCUT2D eigenvalue weighted by Gasteiger charge is -2.48. The molecular weight excluding hydrogens is 248 g/mol. The summed E-state index contributed by atoms with van der Waals surface area (Å²) in [7, 11) is 0. The van der Waals surface area contributed by atoms with Gasteiger partial charge in [-0.3, -0.25) is 4.79 Å². The number of allylic oxidation sites excluding steroid dienone is 2. The highest BCUT2D eigenvalue weighted by atomic mass is 16.3. The van der Waals surface area contributed by atoms with E-state index >= 15 is 0 Å². The van der Waals surface area contributed by atoms with Gasteiger partial charge in [-0.05, 0) is 75.2 Å². The van der Waals surface area contributed by atoms with Crippen LogP contribution in [0.2, 0.25) is 0 Å². The number of carbonyl (C=O) groups excluding carboxylic acids is 1. The third-order valence-corrected chi connectivity index (χ3v) is 5.97. The van der Waals surface area contributed by atoms with Crippen molar-refractivity contribution in [3.63, 3.8) is 0 Å². The molecule has 0 aromatic rings. The normalized spacial score (nSPS) is 39.9. The molecule has 5 atom stereocenters. The lowest BCUT2D eigenvalue weighted by atomic mass is 9.58. The second kappa shape index (κ2) is 5.04. The van der Waals surface area contributed by atoms with E-state index in [0.717, 1.165) is 44.9 Å². The number of terminal acetylenes is 1. The Morgan fingerprint density at radius 1 is 1.30 bits per heavy atom. The number of ketones is 1.